The Kier molecular flexibility index (Phi) is 3.78. The molecule has 0 spiro atoms. The normalized spacial score (nSPS) is 20.0. The molecule has 3 aromatic rings. The second kappa shape index (κ2) is 6.22. The van der Waals surface area contributed by atoms with Gasteiger partial charge in [-0.15, -0.1) is 11.3 Å². The lowest BCUT2D eigenvalue weighted by molar-refractivity contribution is -0.134. The third-order valence-corrected chi connectivity index (χ3v) is 5.99. The molecule has 7 nitrogen and oxygen atoms in total. The van der Waals surface area contributed by atoms with Gasteiger partial charge in [-0.2, -0.15) is 0 Å². The molecular formula is C20H16N4O3S. The van der Waals surface area contributed by atoms with Crippen LogP contribution in [-0.4, -0.2) is 28.7 Å². The van der Waals surface area contributed by atoms with Crippen molar-refractivity contribution in [3.63, 3.8) is 0 Å². The minimum absolute atomic E-state index is 0.215. The Labute approximate surface area is 164 Å². The predicted octanol–water partition coefficient (Wildman–Crippen LogP) is 2.11. The predicted molar refractivity (Wildman–Crippen MR) is 105 cm³/mol. The quantitative estimate of drug-likeness (QED) is 0.664. The van der Waals surface area contributed by atoms with Gasteiger partial charge < -0.3 is 5.73 Å². The maximum atomic E-state index is 13.1. The van der Waals surface area contributed by atoms with Gasteiger partial charge in [0.25, 0.3) is 5.91 Å². The van der Waals surface area contributed by atoms with Crippen molar-refractivity contribution in [2.24, 2.45) is 5.73 Å². The largest absolute Gasteiger partial charge is 0.319 e. The van der Waals surface area contributed by atoms with Gasteiger partial charge in [0.1, 0.15) is 6.04 Å². The van der Waals surface area contributed by atoms with E-state index in [9.17, 15) is 14.4 Å². The first-order chi connectivity index (χ1) is 13.6. The van der Waals surface area contributed by atoms with Crippen LogP contribution in [0.3, 0.4) is 0 Å². The highest BCUT2D eigenvalue weighted by atomic mass is 32.1. The summed E-state index contributed by atoms with van der Waals surface area (Å²) in [5.41, 5.74) is 11.1. The average molecular weight is 392 g/mol. The van der Waals surface area contributed by atoms with Crippen molar-refractivity contribution in [1.29, 1.82) is 0 Å². The molecule has 2 aliphatic rings. The lowest BCUT2D eigenvalue weighted by Gasteiger charge is -2.30. The van der Waals surface area contributed by atoms with E-state index in [1.807, 2.05) is 29.6 Å². The van der Waals surface area contributed by atoms with Gasteiger partial charge in [0.15, 0.2) is 0 Å². The fourth-order valence-electron chi connectivity index (χ4n) is 4.07. The van der Waals surface area contributed by atoms with E-state index in [4.69, 9.17) is 5.73 Å². The first kappa shape index (κ1) is 17.0. The first-order valence-electron chi connectivity index (χ1n) is 8.93. The summed E-state index contributed by atoms with van der Waals surface area (Å²) in [5.74, 6) is -0.969. The number of aromatic nitrogens is 1. The molecule has 2 atom stereocenters. The molecule has 28 heavy (non-hydrogen) atoms. The zero-order valence-corrected chi connectivity index (χ0v) is 15.5. The van der Waals surface area contributed by atoms with E-state index in [2.05, 4.69) is 10.3 Å². The molecule has 140 valence electrons. The summed E-state index contributed by atoms with van der Waals surface area (Å²) in [6, 6.07) is 8.15. The Morgan fingerprint density at radius 3 is 2.82 bits per heavy atom. The van der Waals surface area contributed by atoms with Crippen LogP contribution in [0.15, 0.2) is 41.2 Å². The summed E-state index contributed by atoms with van der Waals surface area (Å²) < 4.78 is 0. The lowest BCUT2D eigenvalue weighted by Crippen LogP contribution is -2.53. The van der Waals surface area contributed by atoms with E-state index in [0.717, 1.165) is 22.0 Å². The Morgan fingerprint density at radius 1 is 1.21 bits per heavy atom. The van der Waals surface area contributed by atoms with Crippen LogP contribution in [0.1, 0.15) is 40.5 Å². The van der Waals surface area contributed by atoms with Crippen LogP contribution in [0.25, 0.3) is 10.8 Å². The molecule has 3 amide bonds. The molecular weight excluding hydrogens is 376 g/mol. The van der Waals surface area contributed by atoms with Crippen LogP contribution < -0.4 is 16.0 Å². The molecule has 8 heteroatoms. The molecule has 0 radical (unpaired) electrons. The van der Waals surface area contributed by atoms with E-state index >= 15 is 0 Å². The number of hydrogen-bond acceptors (Lipinski definition) is 6. The molecule has 3 N–H and O–H groups in total. The summed E-state index contributed by atoms with van der Waals surface area (Å²) in [6.45, 7) is 0. The number of imide groups is 1. The number of nitrogens with one attached hydrogen (secondary N) is 1. The number of thiazole rings is 1. The minimum Gasteiger partial charge on any atom is -0.319 e. The number of nitrogens with two attached hydrogens (primary N) is 1. The fraction of sp³-hybridized carbons (Fsp3) is 0.200. The summed E-state index contributed by atoms with van der Waals surface area (Å²) >= 11 is 1.48. The van der Waals surface area contributed by atoms with Crippen LogP contribution in [-0.2, 0) is 9.59 Å². The van der Waals surface area contributed by atoms with E-state index in [-0.39, 0.29) is 18.2 Å². The summed E-state index contributed by atoms with van der Waals surface area (Å²) in [4.78, 5) is 42.8. The minimum atomic E-state index is -0.695. The first-order valence-corrected chi connectivity index (χ1v) is 9.87. The van der Waals surface area contributed by atoms with Crippen LogP contribution in [0.5, 0.6) is 0 Å². The molecule has 2 aliphatic heterocycles. The molecule has 5 rings (SSSR count). The van der Waals surface area contributed by atoms with Crippen LogP contribution >= 0.6 is 11.3 Å². The number of rotatable bonds is 3. The van der Waals surface area contributed by atoms with Crippen molar-refractivity contribution in [1.82, 2.24) is 10.3 Å². The maximum absolute atomic E-state index is 13.1. The third-order valence-electron chi connectivity index (χ3n) is 5.39. The molecule has 3 heterocycles. The Balaban J connectivity index is 1.65. The van der Waals surface area contributed by atoms with Crippen LogP contribution in [0.2, 0.25) is 0 Å². The SMILES string of the molecule is NC(c1cscn1)c1ccc2c3c(cccc13)C(=O)N2C1CCC(=O)NC1=O. The van der Waals surface area contributed by atoms with Crippen LogP contribution in [0, 0.1) is 0 Å². The van der Waals surface area contributed by atoms with Crippen LogP contribution in [0.4, 0.5) is 5.69 Å². The fourth-order valence-corrected chi connectivity index (χ4v) is 4.66. The molecule has 1 fully saturated rings. The zero-order valence-electron chi connectivity index (χ0n) is 14.7. The van der Waals surface area contributed by atoms with E-state index in [1.165, 1.54) is 16.2 Å². The summed E-state index contributed by atoms with van der Waals surface area (Å²) in [7, 11) is 0. The number of carbonyl (C=O) groups excluding carboxylic acids is 3. The third kappa shape index (κ3) is 2.38. The zero-order chi connectivity index (χ0) is 19.4. The number of hydrogen-bond donors (Lipinski definition) is 2. The molecule has 0 saturated carbocycles. The van der Waals surface area contributed by atoms with Gasteiger partial charge >= 0.3 is 0 Å². The molecule has 2 unspecified atom stereocenters. The van der Waals surface area contributed by atoms with Gasteiger partial charge in [0.2, 0.25) is 11.8 Å². The number of carbonyl (C=O) groups is 3. The average Bonchev–Trinajstić information content (AvgIpc) is 3.31. The standard InChI is InChI=1S/C20H16N4O3S/c21-18(13-8-28-9-22-13)11-4-5-14-17-10(11)2-1-3-12(17)20(27)24(14)15-6-7-16(25)23-19(15)26/h1-5,8-9,15,18H,6-7,21H2,(H,23,25,26). The van der Waals surface area contributed by atoms with Crippen molar-refractivity contribution < 1.29 is 14.4 Å². The van der Waals surface area contributed by atoms with Gasteiger partial charge in [-0.3, -0.25) is 24.6 Å². The smallest absolute Gasteiger partial charge is 0.259 e. The van der Waals surface area contributed by atoms with Gasteiger partial charge in [-0.25, -0.2) is 4.98 Å². The molecule has 1 aromatic heterocycles. The van der Waals surface area contributed by atoms with Crippen molar-refractivity contribution >= 4 is 45.5 Å². The molecule has 2 aromatic carbocycles. The Bertz CT molecular complexity index is 1140. The lowest BCUT2D eigenvalue weighted by atomic mass is 9.95. The van der Waals surface area contributed by atoms with E-state index in [0.29, 0.717) is 17.7 Å². The van der Waals surface area contributed by atoms with Gasteiger partial charge in [0.05, 0.1) is 22.9 Å². The second-order valence-corrected chi connectivity index (χ2v) is 7.65. The van der Waals surface area contributed by atoms with Crippen molar-refractivity contribution in [2.75, 3.05) is 4.90 Å². The van der Waals surface area contributed by atoms with Gasteiger partial charge in [0, 0.05) is 22.8 Å². The van der Waals surface area contributed by atoms with Crippen molar-refractivity contribution in [2.45, 2.75) is 24.9 Å². The Morgan fingerprint density at radius 2 is 2.07 bits per heavy atom. The summed E-state index contributed by atoms with van der Waals surface area (Å²) in [5, 5.41) is 5.91. The number of anilines is 1. The van der Waals surface area contributed by atoms with Crippen molar-refractivity contribution in [3.8, 4) is 0 Å². The van der Waals surface area contributed by atoms with Crippen molar-refractivity contribution in [3.05, 3.63) is 58.0 Å². The maximum Gasteiger partial charge on any atom is 0.259 e. The molecule has 0 bridgehead atoms. The number of amides is 3. The van der Waals surface area contributed by atoms with Gasteiger partial charge in [-0.1, -0.05) is 18.2 Å². The summed E-state index contributed by atoms with van der Waals surface area (Å²) in [6.07, 6.45) is 0.526. The molecule has 0 aliphatic carbocycles. The highest BCUT2D eigenvalue weighted by molar-refractivity contribution is 7.07. The molecule has 1 saturated heterocycles. The van der Waals surface area contributed by atoms with Gasteiger partial charge in [-0.05, 0) is 29.5 Å². The highest BCUT2D eigenvalue weighted by Crippen LogP contribution is 2.42. The second-order valence-electron chi connectivity index (χ2n) is 6.94. The monoisotopic (exact) mass is 392 g/mol. The van der Waals surface area contributed by atoms with E-state index in [1.54, 1.807) is 11.6 Å². The highest BCUT2D eigenvalue weighted by Gasteiger charge is 2.41. The topological polar surface area (TPSA) is 105 Å². The number of nitrogens with zero attached hydrogens (tertiary/aromatic N) is 2. The number of benzene rings is 2. The Hall–Kier alpha value is -3.10. The van der Waals surface area contributed by atoms with E-state index < -0.39 is 18.0 Å². The number of piperidine rings is 1.